The lowest BCUT2D eigenvalue weighted by Crippen LogP contribution is -2.22. The molecule has 1 aromatic carbocycles. The number of hydrogen-bond acceptors (Lipinski definition) is 4. The van der Waals surface area contributed by atoms with E-state index in [1.54, 1.807) is 0 Å². The SMILES string of the molecule is C[C@@H](Sc1nnc2ccccn12)C(=O)Nc1ccc(C(C)(C)C)cc1. The van der Waals surface area contributed by atoms with Gasteiger partial charge in [-0.05, 0) is 42.2 Å². The van der Waals surface area contributed by atoms with Gasteiger partial charge in [0.2, 0.25) is 5.91 Å². The minimum Gasteiger partial charge on any atom is -0.325 e. The Morgan fingerprint density at radius 1 is 1.12 bits per heavy atom. The second kappa shape index (κ2) is 6.88. The van der Waals surface area contributed by atoms with Gasteiger partial charge in [-0.15, -0.1) is 10.2 Å². The number of rotatable bonds is 4. The minimum absolute atomic E-state index is 0.0545. The molecule has 0 radical (unpaired) electrons. The molecule has 0 aliphatic heterocycles. The summed E-state index contributed by atoms with van der Waals surface area (Å²) in [6, 6.07) is 13.7. The normalized spacial score (nSPS) is 13.0. The Morgan fingerprint density at radius 2 is 1.84 bits per heavy atom. The Hall–Kier alpha value is -2.34. The topological polar surface area (TPSA) is 59.3 Å². The standard InChI is InChI=1S/C19H22N4OS/c1-13(25-18-22-21-16-7-5-6-12-23(16)18)17(24)20-15-10-8-14(9-11-15)19(2,3)4/h5-13H,1-4H3,(H,20,24)/t13-/m1/s1. The summed E-state index contributed by atoms with van der Waals surface area (Å²) in [5.41, 5.74) is 2.91. The molecule has 0 aliphatic carbocycles. The second-order valence-corrected chi connectivity index (χ2v) is 8.30. The van der Waals surface area contributed by atoms with Gasteiger partial charge in [0.05, 0.1) is 5.25 Å². The van der Waals surface area contributed by atoms with E-state index in [4.69, 9.17) is 0 Å². The van der Waals surface area contributed by atoms with Gasteiger partial charge < -0.3 is 5.32 Å². The van der Waals surface area contributed by atoms with Crippen LogP contribution in [-0.4, -0.2) is 25.8 Å². The number of hydrogen-bond donors (Lipinski definition) is 1. The third-order valence-corrected chi connectivity index (χ3v) is 5.01. The monoisotopic (exact) mass is 354 g/mol. The van der Waals surface area contributed by atoms with Crippen molar-refractivity contribution in [2.45, 2.75) is 43.5 Å². The summed E-state index contributed by atoms with van der Waals surface area (Å²) in [6.45, 7) is 8.38. The van der Waals surface area contributed by atoms with Crippen LogP contribution in [0.1, 0.15) is 33.3 Å². The van der Waals surface area contributed by atoms with Crippen LogP contribution in [0.4, 0.5) is 5.69 Å². The van der Waals surface area contributed by atoms with Crippen LogP contribution < -0.4 is 5.32 Å². The Morgan fingerprint density at radius 3 is 2.52 bits per heavy atom. The molecule has 1 atom stereocenters. The van der Waals surface area contributed by atoms with E-state index in [0.29, 0.717) is 5.16 Å². The lowest BCUT2D eigenvalue weighted by Gasteiger charge is -2.19. The van der Waals surface area contributed by atoms with E-state index in [-0.39, 0.29) is 16.6 Å². The van der Waals surface area contributed by atoms with Crippen LogP contribution >= 0.6 is 11.8 Å². The number of aromatic nitrogens is 3. The van der Waals surface area contributed by atoms with E-state index in [0.717, 1.165) is 11.3 Å². The van der Waals surface area contributed by atoms with Crippen molar-refractivity contribution in [1.29, 1.82) is 0 Å². The Bertz CT molecular complexity index is 880. The number of nitrogens with one attached hydrogen (secondary N) is 1. The van der Waals surface area contributed by atoms with Crippen molar-refractivity contribution in [1.82, 2.24) is 14.6 Å². The van der Waals surface area contributed by atoms with Crippen LogP contribution in [0.3, 0.4) is 0 Å². The van der Waals surface area contributed by atoms with Gasteiger partial charge in [-0.25, -0.2) is 0 Å². The molecule has 3 aromatic rings. The zero-order valence-corrected chi connectivity index (χ0v) is 15.7. The average Bonchev–Trinajstić information content (AvgIpc) is 2.97. The van der Waals surface area contributed by atoms with E-state index in [1.807, 2.05) is 47.9 Å². The van der Waals surface area contributed by atoms with Crippen molar-refractivity contribution < 1.29 is 4.79 Å². The smallest absolute Gasteiger partial charge is 0.237 e. The fourth-order valence-electron chi connectivity index (χ4n) is 2.41. The first-order valence-electron chi connectivity index (χ1n) is 8.22. The van der Waals surface area contributed by atoms with Gasteiger partial charge in [-0.2, -0.15) is 0 Å². The molecular formula is C19H22N4OS. The molecule has 2 heterocycles. The molecule has 6 heteroatoms. The summed E-state index contributed by atoms with van der Waals surface area (Å²) in [5, 5.41) is 11.7. The molecule has 1 N–H and O–H groups in total. The van der Waals surface area contributed by atoms with E-state index >= 15 is 0 Å². The summed E-state index contributed by atoms with van der Waals surface area (Å²) in [5.74, 6) is -0.0545. The lowest BCUT2D eigenvalue weighted by molar-refractivity contribution is -0.115. The lowest BCUT2D eigenvalue weighted by atomic mass is 9.87. The van der Waals surface area contributed by atoms with Gasteiger partial charge in [-0.3, -0.25) is 9.20 Å². The number of benzene rings is 1. The fraction of sp³-hybridized carbons (Fsp3) is 0.316. The summed E-state index contributed by atoms with van der Waals surface area (Å²) in [4.78, 5) is 12.5. The predicted molar refractivity (Wildman–Crippen MR) is 102 cm³/mol. The largest absolute Gasteiger partial charge is 0.325 e. The number of carbonyl (C=O) groups is 1. The first kappa shape index (κ1) is 17.5. The van der Waals surface area contributed by atoms with Gasteiger partial charge in [0.25, 0.3) is 0 Å². The zero-order chi connectivity index (χ0) is 18.0. The van der Waals surface area contributed by atoms with Crippen LogP contribution in [0.15, 0.2) is 53.8 Å². The van der Waals surface area contributed by atoms with Crippen LogP contribution in [0.25, 0.3) is 5.65 Å². The molecule has 3 rings (SSSR count). The predicted octanol–water partition coefficient (Wildman–Crippen LogP) is 4.15. The number of fused-ring (bicyclic) bond motifs is 1. The molecule has 1 amide bonds. The van der Waals surface area contributed by atoms with E-state index in [2.05, 4.69) is 48.4 Å². The minimum atomic E-state index is -0.283. The molecule has 0 saturated heterocycles. The van der Waals surface area contributed by atoms with Crippen molar-refractivity contribution in [2.75, 3.05) is 5.32 Å². The first-order valence-corrected chi connectivity index (χ1v) is 9.10. The second-order valence-electron chi connectivity index (χ2n) is 6.99. The van der Waals surface area contributed by atoms with E-state index in [1.165, 1.54) is 17.3 Å². The van der Waals surface area contributed by atoms with Crippen LogP contribution in [-0.2, 0) is 10.2 Å². The molecule has 0 saturated carbocycles. The van der Waals surface area contributed by atoms with Gasteiger partial charge >= 0.3 is 0 Å². The maximum absolute atomic E-state index is 12.5. The summed E-state index contributed by atoms with van der Waals surface area (Å²) < 4.78 is 1.88. The van der Waals surface area contributed by atoms with Crippen molar-refractivity contribution in [3.05, 3.63) is 54.2 Å². The fourth-order valence-corrected chi connectivity index (χ4v) is 3.25. The number of pyridine rings is 1. The molecule has 0 fully saturated rings. The third kappa shape index (κ3) is 4.02. The van der Waals surface area contributed by atoms with Crippen LogP contribution in [0.2, 0.25) is 0 Å². The highest BCUT2D eigenvalue weighted by atomic mass is 32.2. The highest BCUT2D eigenvalue weighted by molar-refractivity contribution is 8.00. The molecule has 0 spiro atoms. The van der Waals surface area contributed by atoms with Crippen molar-refractivity contribution >= 4 is 29.0 Å². The number of nitrogens with zero attached hydrogens (tertiary/aromatic N) is 3. The number of thioether (sulfide) groups is 1. The molecule has 0 unspecified atom stereocenters. The molecule has 0 bridgehead atoms. The maximum Gasteiger partial charge on any atom is 0.237 e. The van der Waals surface area contributed by atoms with Crippen molar-refractivity contribution in [3.8, 4) is 0 Å². The van der Waals surface area contributed by atoms with Crippen molar-refractivity contribution in [2.24, 2.45) is 0 Å². The quantitative estimate of drug-likeness (QED) is 0.715. The molecule has 2 aromatic heterocycles. The summed E-state index contributed by atoms with van der Waals surface area (Å²) in [7, 11) is 0. The van der Waals surface area contributed by atoms with Crippen LogP contribution in [0.5, 0.6) is 0 Å². The maximum atomic E-state index is 12.5. The molecule has 130 valence electrons. The first-order chi connectivity index (χ1) is 11.8. The molecular weight excluding hydrogens is 332 g/mol. The third-order valence-electron chi connectivity index (χ3n) is 3.95. The summed E-state index contributed by atoms with van der Waals surface area (Å²) >= 11 is 1.39. The Kier molecular flexibility index (Phi) is 4.81. The highest BCUT2D eigenvalue weighted by Crippen LogP contribution is 2.25. The van der Waals surface area contributed by atoms with Gasteiger partial charge in [0.15, 0.2) is 10.8 Å². The van der Waals surface area contributed by atoms with E-state index in [9.17, 15) is 4.79 Å². The van der Waals surface area contributed by atoms with E-state index < -0.39 is 0 Å². The summed E-state index contributed by atoms with van der Waals surface area (Å²) in [6.07, 6.45) is 1.90. The van der Waals surface area contributed by atoms with Crippen molar-refractivity contribution in [3.63, 3.8) is 0 Å². The Balaban J connectivity index is 1.66. The van der Waals surface area contributed by atoms with Crippen LogP contribution in [0, 0.1) is 0 Å². The number of anilines is 1. The van der Waals surface area contributed by atoms with Gasteiger partial charge in [0, 0.05) is 11.9 Å². The number of amides is 1. The molecule has 0 aliphatic rings. The Labute approximate surface area is 151 Å². The number of carbonyl (C=O) groups excluding carboxylic acids is 1. The van der Waals surface area contributed by atoms with Gasteiger partial charge in [0.1, 0.15) is 0 Å². The highest BCUT2D eigenvalue weighted by Gasteiger charge is 2.18. The average molecular weight is 354 g/mol. The van der Waals surface area contributed by atoms with Gasteiger partial charge in [-0.1, -0.05) is 50.7 Å². The molecule has 25 heavy (non-hydrogen) atoms. The molecule has 5 nitrogen and oxygen atoms in total. The zero-order valence-electron chi connectivity index (χ0n) is 14.9.